The van der Waals surface area contributed by atoms with Crippen molar-refractivity contribution < 1.29 is 18.3 Å². The number of nitrogens with one attached hydrogen (secondary N) is 1. The average molecular weight is 361 g/mol. The first kappa shape index (κ1) is 17.9. The molecule has 2 aromatic rings. The van der Waals surface area contributed by atoms with Crippen LogP contribution in [0, 0.1) is 6.92 Å². The molecule has 0 fully saturated rings. The third-order valence-corrected chi connectivity index (χ3v) is 6.16. The maximum Gasteiger partial charge on any atom is 0.240 e. The summed E-state index contributed by atoms with van der Waals surface area (Å²) < 4.78 is 32.8. The molecule has 0 amide bonds. The molecule has 0 heterocycles. The highest BCUT2D eigenvalue weighted by Gasteiger charge is 2.33. The number of sulfonamides is 1. The minimum Gasteiger partial charge on any atom is -0.496 e. The van der Waals surface area contributed by atoms with Gasteiger partial charge in [-0.2, -0.15) is 0 Å². The van der Waals surface area contributed by atoms with E-state index in [1.54, 1.807) is 26.2 Å². The van der Waals surface area contributed by atoms with E-state index in [1.807, 2.05) is 18.2 Å². The van der Waals surface area contributed by atoms with E-state index < -0.39 is 15.6 Å². The van der Waals surface area contributed by atoms with E-state index in [4.69, 9.17) is 4.74 Å². The second-order valence-corrected chi connectivity index (χ2v) is 8.39. The van der Waals surface area contributed by atoms with Crippen LogP contribution in [0.4, 0.5) is 0 Å². The highest BCUT2D eigenvalue weighted by atomic mass is 32.2. The lowest BCUT2D eigenvalue weighted by molar-refractivity contribution is 0.0317. The van der Waals surface area contributed by atoms with E-state index in [-0.39, 0.29) is 11.4 Å². The number of hydrogen-bond acceptors (Lipinski definition) is 4. The summed E-state index contributed by atoms with van der Waals surface area (Å²) in [6.45, 7) is 1.79. The Kier molecular flexibility index (Phi) is 4.86. The highest BCUT2D eigenvalue weighted by Crippen LogP contribution is 2.29. The van der Waals surface area contributed by atoms with Crippen LogP contribution in [0.3, 0.4) is 0 Å². The third-order valence-electron chi connectivity index (χ3n) is 4.77. The fourth-order valence-electron chi connectivity index (χ4n) is 3.27. The molecule has 3 rings (SSSR count). The fourth-order valence-corrected chi connectivity index (χ4v) is 4.47. The van der Waals surface area contributed by atoms with Crippen molar-refractivity contribution in [2.24, 2.45) is 0 Å². The van der Waals surface area contributed by atoms with Gasteiger partial charge in [0, 0.05) is 13.0 Å². The third kappa shape index (κ3) is 3.86. The number of aryl methyl sites for hydroxylation is 2. The van der Waals surface area contributed by atoms with Crippen LogP contribution in [0.2, 0.25) is 0 Å². The summed E-state index contributed by atoms with van der Waals surface area (Å²) in [5.41, 5.74) is 1.98. The Bertz CT molecular complexity index is 879. The van der Waals surface area contributed by atoms with Crippen LogP contribution in [-0.2, 0) is 22.9 Å². The molecule has 1 aliphatic carbocycles. The first-order chi connectivity index (χ1) is 11.8. The predicted octanol–water partition coefficient (Wildman–Crippen LogP) is 2.20. The van der Waals surface area contributed by atoms with E-state index >= 15 is 0 Å². The quantitative estimate of drug-likeness (QED) is 0.856. The summed E-state index contributed by atoms with van der Waals surface area (Å²) >= 11 is 0. The van der Waals surface area contributed by atoms with Gasteiger partial charge in [0.05, 0.1) is 17.6 Å². The number of fused-ring (bicyclic) bond motifs is 1. The summed E-state index contributed by atoms with van der Waals surface area (Å²) in [5.74, 6) is 0.640. The van der Waals surface area contributed by atoms with Crippen LogP contribution >= 0.6 is 0 Å². The summed E-state index contributed by atoms with van der Waals surface area (Å²) in [6, 6.07) is 12.7. The normalized spacial score (nSPS) is 20.1. The molecule has 1 unspecified atom stereocenters. The van der Waals surface area contributed by atoms with E-state index in [2.05, 4.69) is 10.8 Å². The number of ether oxygens (including phenoxy) is 1. The lowest BCUT2D eigenvalue weighted by Gasteiger charge is -2.33. The molecule has 0 aromatic heterocycles. The molecule has 5 nitrogen and oxygen atoms in total. The van der Waals surface area contributed by atoms with Gasteiger partial charge in [0.15, 0.2) is 0 Å². The predicted molar refractivity (Wildman–Crippen MR) is 96.3 cm³/mol. The van der Waals surface area contributed by atoms with Crippen LogP contribution in [0.1, 0.15) is 23.1 Å². The monoisotopic (exact) mass is 361 g/mol. The Morgan fingerprint density at radius 3 is 2.60 bits per heavy atom. The van der Waals surface area contributed by atoms with Gasteiger partial charge in [-0.1, -0.05) is 24.3 Å². The van der Waals surface area contributed by atoms with Gasteiger partial charge in [0.1, 0.15) is 5.75 Å². The van der Waals surface area contributed by atoms with Crippen molar-refractivity contribution in [1.29, 1.82) is 0 Å². The van der Waals surface area contributed by atoms with Gasteiger partial charge in [-0.05, 0) is 54.7 Å². The lowest BCUT2D eigenvalue weighted by Crippen LogP contribution is -2.46. The number of benzene rings is 2. The Balaban J connectivity index is 1.73. The fraction of sp³-hybridized carbons (Fsp3) is 0.368. The topological polar surface area (TPSA) is 75.6 Å². The molecule has 0 radical (unpaired) electrons. The average Bonchev–Trinajstić information content (AvgIpc) is 2.60. The van der Waals surface area contributed by atoms with Crippen molar-refractivity contribution in [3.63, 3.8) is 0 Å². The van der Waals surface area contributed by atoms with Crippen LogP contribution in [0.5, 0.6) is 5.75 Å². The zero-order valence-electron chi connectivity index (χ0n) is 14.5. The number of hydrogen-bond donors (Lipinski definition) is 2. The van der Waals surface area contributed by atoms with Crippen molar-refractivity contribution >= 4 is 10.0 Å². The molecule has 1 atom stereocenters. The first-order valence-corrected chi connectivity index (χ1v) is 9.75. The summed E-state index contributed by atoms with van der Waals surface area (Å²) in [7, 11) is -2.14. The zero-order chi connectivity index (χ0) is 18.1. The van der Waals surface area contributed by atoms with Gasteiger partial charge in [0.2, 0.25) is 10.0 Å². The van der Waals surface area contributed by atoms with E-state index in [0.29, 0.717) is 18.6 Å². The van der Waals surface area contributed by atoms with Crippen LogP contribution < -0.4 is 9.46 Å². The van der Waals surface area contributed by atoms with Crippen LogP contribution in [-0.4, -0.2) is 32.8 Å². The number of rotatable bonds is 5. The van der Waals surface area contributed by atoms with Crippen LogP contribution in [0.15, 0.2) is 47.4 Å². The highest BCUT2D eigenvalue weighted by molar-refractivity contribution is 7.89. The van der Waals surface area contributed by atoms with Gasteiger partial charge in [-0.15, -0.1) is 0 Å². The summed E-state index contributed by atoms with van der Waals surface area (Å²) in [6.07, 6.45) is 1.73. The van der Waals surface area contributed by atoms with Gasteiger partial charge in [-0.3, -0.25) is 0 Å². The Hall–Kier alpha value is -1.89. The van der Waals surface area contributed by atoms with Gasteiger partial charge < -0.3 is 9.84 Å². The Labute approximate surface area is 148 Å². The Morgan fingerprint density at radius 1 is 1.20 bits per heavy atom. The van der Waals surface area contributed by atoms with Crippen LogP contribution in [0.25, 0.3) is 0 Å². The number of aliphatic hydroxyl groups is 1. The van der Waals surface area contributed by atoms with E-state index in [1.165, 1.54) is 11.6 Å². The smallest absolute Gasteiger partial charge is 0.240 e. The molecule has 0 aliphatic heterocycles. The molecule has 1 aliphatic rings. The Morgan fingerprint density at radius 2 is 1.92 bits per heavy atom. The van der Waals surface area contributed by atoms with Crippen molar-refractivity contribution in [3.05, 3.63) is 59.2 Å². The molecule has 134 valence electrons. The van der Waals surface area contributed by atoms with Gasteiger partial charge >= 0.3 is 0 Å². The minimum atomic E-state index is -3.69. The SMILES string of the molecule is COc1ccc(S(=O)(=O)NCC2(O)CCc3ccccc3C2)cc1C. The maximum absolute atomic E-state index is 12.6. The largest absolute Gasteiger partial charge is 0.496 e. The van der Waals surface area contributed by atoms with Crippen molar-refractivity contribution in [2.45, 2.75) is 36.7 Å². The molecular formula is C19H23NO4S. The molecule has 25 heavy (non-hydrogen) atoms. The second-order valence-electron chi connectivity index (χ2n) is 6.63. The molecular weight excluding hydrogens is 338 g/mol. The standard InChI is InChI=1S/C19H23NO4S/c1-14-11-17(7-8-18(14)24-2)25(22,23)20-13-19(21)10-9-15-5-3-4-6-16(15)12-19/h3-8,11,20-21H,9-10,12-13H2,1-2H3. The summed E-state index contributed by atoms with van der Waals surface area (Å²) in [5, 5.41) is 10.8. The zero-order valence-corrected chi connectivity index (χ0v) is 15.3. The van der Waals surface area contributed by atoms with Crippen molar-refractivity contribution in [1.82, 2.24) is 4.72 Å². The molecule has 2 N–H and O–H groups in total. The van der Waals surface area contributed by atoms with Crippen molar-refractivity contribution in [3.8, 4) is 5.75 Å². The van der Waals surface area contributed by atoms with Gasteiger partial charge in [-0.25, -0.2) is 13.1 Å². The molecule has 0 saturated heterocycles. The second kappa shape index (κ2) is 6.78. The molecule has 2 aromatic carbocycles. The van der Waals surface area contributed by atoms with Crippen molar-refractivity contribution in [2.75, 3.05) is 13.7 Å². The van der Waals surface area contributed by atoms with E-state index in [0.717, 1.165) is 17.5 Å². The molecule has 0 spiro atoms. The minimum absolute atomic E-state index is 0.00521. The first-order valence-electron chi connectivity index (χ1n) is 8.26. The van der Waals surface area contributed by atoms with E-state index in [9.17, 15) is 13.5 Å². The molecule has 0 saturated carbocycles. The lowest BCUT2D eigenvalue weighted by atomic mass is 9.80. The maximum atomic E-state index is 12.6. The molecule has 0 bridgehead atoms. The van der Waals surface area contributed by atoms with Gasteiger partial charge in [0.25, 0.3) is 0 Å². The summed E-state index contributed by atoms with van der Waals surface area (Å²) in [4.78, 5) is 0.172. The number of methoxy groups -OCH3 is 1. The molecule has 6 heteroatoms.